The van der Waals surface area contributed by atoms with Crippen LogP contribution < -0.4 is 0 Å². The molecule has 0 saturated carbocycles. The third kappa shape index (κ3) is 1.72. The van der Waals surface area contributed by atoms with Crippen LogP contribution in [0.5, 0.6) is 0 Å². The lowest BCUT2D eigenvalue weighted by molar-refractivity contribution is -0.827. The van der Waals surface area contributed by atoms with Crippen molar-refractivity contribution in [3.63, 3.8) is 0 Å². The van der Waals surface area contributed by atoms with Crippen molar-refractivity contribution in [1.82, 2.24) is 5.01 Å². The monoisotopic (exact) mass is 280 g/mol. The fraction of sp³-hybridized carbons (Fsp3) is 0.909. The summed E-state index contributed by atoms with van der Waals surface area (Å²) in [6.07, 6.45) is -0.102. The Kier molecular flexibility index (Phi) is 4.22. The average molecular weight is 280 g/mol. The van der Waals surface area contributed by atoms with Crippen LogP contribution in [0.25, 0.3) is 0 Å². The Morgan fingerprint density at radius 3 is 2.17 bits per heavy atom. The van der Waals surface area contributed by atoms with Crippen molar-refractivity contribution in [2.75, 3.05) is 36.7 Å². The molecule has 0 unspecified atom stereocenters. The summed E-state index contributed by atoms with van der Waals surface area (Å²) in [5, 5.41) is 26.4. The first kappa shape index (κ1) is 15.6. The van der Waals surface area contributed by atoms with E-state index in [1.807, 2.05) is 20.8 Å². The van der Waals surface area contributed by atoms with Crippen molar-refractivity contribution in [3.8, 4) is 0 Å². The minimum Gasteiger partial charge on any atom is -0.565 e. The van der Waals surface area contributed by atoms with E-state index in [1.54, 1.807) is 0 Å². The van der Waals surface area contributed by atoms with Gasteiger partial charge in [0.15, 0.2) is 0 Å². The Morgan fingerprint density at radius 1 is 1.28 bits per heavy atom. The lowest BCUT2D eigenvalue weighted by Gasteiger charge is -2.73. The van der Waals surface area contributed by atoms with Crippen molar-refractivity contribution in [2.45, 2.75) is 27.2 Å². The van der Waals surface area contributed by atoms with Gasteiger partial charge in [-0.1, -0.05) is 9.35 Å². The van der Waals surface area contributed by atoms with E-state index >= 15 is 0 Å². The molecule has 6 nitrogen and oxygen atoms in total. The Morgan fingerprint density at radius 2 is 1.78 bits per heavy atom. The third-order valence-electron chi connectivity index (χ3n) is 4.60. The molecule has 108 valence electrons. The van der Waals surface area contributed by atoms with Gasteiger partial charge in [-0.15, -0.1) is 5.01 Å². The fourth-order valence-electron chi connectivity index (χ4n) is 2.93. The summed E-state index contributed by atoms with van der Waals surface area (Å²) in [5.74, 6) is 2.33. The maximum absolute atomic E-state index is 12.8. The molecule has 0 atom stereocenters. The predicted molar refractivity (Wildman–Crippen MR) is 74.6 cm³/mol. The SMILES string of the molecule is CC[S+]1(CC)(CC)CCCN(C(=O)OC)[N+]1([O-])[O-]. The quantitative estimate of drug-likeness (QED) is 0.449. The minimum absolute atomic E-state index is 0.186. The van der Waals surface area contributed by atoms with Crippen molar-refractivity contribution < 1.29 is 13.9 Å². The molecule has 7 heteroatoms. The number of carbonyl (C=O) groups is 1. The lowest BCUT2D eigenvalue weighted by atomic mass is 10.5. The summed E-state index contributed by atoms with van der Waals surface area (Å²) in [7, 11) is -1.57. The van der Waals surface area contributed by atoms with Gasteiger partial charge in [0.2, 0.25) is 0 Å². The van der Waals surface area contributed by atoms with Crippen LogP contribution in [0.15, 0.2) is 0 Å². The number of hydrogen-bond donors (Lipinski definition) is 0. The summed E-state index contributed by atoms with van der Waals surface area (Å²) < 4.78 is 2.80. The van der Waals surface area contributed by atoms with Gasteiger partial charge in [-0.05, 0) is 20.8 Å². The van der Waals surface area contributed by atoms with Crippen LogP contribution in [-0.2, 0) is 14.1 Å². The Bertz CT molecular complexity index is 320. The van der Waals surface area contributed by atoms with E-state index in [4.69, 9.17) is 0 Å². The van der Waals surface area contributed by atoms with Crippen LogP contribution >= 0.6 is 0 Å². The molecule has 1 saturated heterocycles. The molecule has 0 aromatic carbocycles. The molecule has 18 heavy (non-hydrogen) atoms. The van der Waals surface area contributed by atoms with Gasteiger partial charge in [-0.3, -0.25) is 0 Å². The highest BCUT2D eigenvalue weighted by Gasteiger charge is 2.59. The minimum atomic E-state index is -2.77. The molecule has 1 aliphatic rings. The van der Waals surface area contributed by atoms with Gasteiger partial charge < -0.3 is 15.2 Å². The summed E-state index contributed by atoms with van der Waals surface area (Å²) in [6, 6.07) is 0. The number of hydrogen-bond acceptors (Lipinski definition) is 4. The lowest BCUT2D eigenvalue weighted by Crippen LogP contribution is -2.79. The number of methoxy groups -OCH3 is 1. The second-order valence-corrected chi connectivity index (χ2v) is 10.8. The second kappa shape index (κ2) is 4.88. The standard InChI is InChI=1S/C11H24N2O4S/c1-5-18(6-2,7-3)10-8-9-12(11(14)17-4)13(18,15)16/h5-10H2,1-4H3. The van der Waals surface area contributed by atoms with Gasteiger partial charge in [0.05, 0.1) is 36.7 Å². The zero-order chi connectivity index (χ0) is 14.1. The molecular weight excluding hydrogens is 256 g/mol. The Labute approximate surface area is 109 Å². The van der Waals surface area contributed by atoms with Crippen LogP contribution in [-0.4, -0.2) is 52.1 Å². The van der Waals surface area contributed by atoms with Gasteiger partial charge in [0.25, 0.3) is 0 Å². The number of amides is 1. The van der Waals surface area contributed by atoms with Crippen molar-refractivity contribution >= 4 is 15.4 Å². The third-order valence-corrected chi connectivity index (χ3v) is 11.9. The molecule has 0 aliphatic carbocycles. The molecule has 0 bridgehead atoms. The van der Waals surface area contributed by atoms with E-state index in [-0.39, 0.29) is 6.54 Å². The molecule has 0 aromatic heterocycles. The Balaban J connectivity index is 3.32. The van der Waals surface area contributed by atoms with Crippen LogP contribution in [0.4, 0.5) is 4.79 Å². The number of quaternary nitrogens is 1. The van der Waals surface area contributed by atoms with Crippen LogP contribution in [0.2, 0.25) is 0 Å². The highest BCUT2D eigenvalue weighted by molar-refractivity contribution is 8.25. The van der Waals surface area contributed by atoms with E-state index in [0.717, 1.165) is 5.01 Å². The van der Waals surface area contributed by atoms with E-state index in [9.17, 15) is 15.2 Å². The van der Waals surface area contributed by atoms with Gasteiger partial charge >= 0.3 is 6.09 Å². The summed E-state index contributed by atoms with van der Waals surface area (Å²) >= 11 is 0. The van der Waals surface area contributed by atoms with Crippen molar-refractivity contribution in [2.24, 2.45) is 0 Å². The zero-order valence-electron chi connectivity index (χ0n) is 11.7. The number of nitrogens with zero attached hydrogens (tertiary/aromatic N) is 2. The summed E-state index contributed by atoms with van der Waals surface area (Å²) in [5.41, 5.74) is 0. The van der Waals surface area contributed by atoms with Crippen molar-refractivity contribution in [3.05, 3.63) is 10.4 Å². The number of carbonyl (C=O) groups excluding carboxylic acids is 1. The summed E-state index contributed by atoms with van der Waals surface area (Å²) in [4.78, 5) is 11.7. The number of ether oxygens (including phenoxy) is 1. The van der Waals surface area contributed by atoms with E-state index in [1.165, 1.54) is 7.11 Å². The average Bonchev–Trinajstić information content (AvgIpc) is 2.38. The van der Waals surface area contributed by atoms with Crippen LogP contribution in [0, 0.1) is 10.4 Å². The molecular formula is C11H24N2O4S. The fourth-order valence-corrected chi connectivity index (χ4v) is 7.81. The first-order valence-corrected chi connectivity index (χ1v) is 9.05. The highest BCUT2D eigenvalue weighted by atomic mass is 32.3. The highest BCUT2D eigenvalue weighted by Crippen LogP contribution is 2.51. The molecule has 1 fully saturated rings. The summed E-state index contributed by atoms with van der Waals surface area (Å²) in [6.45, 7) is 5.89. The molecule has 1 rings (SSSR count). The van der Waals surface area contributed by atoms with Gasteiger partial charge in [0.1, 0.15) is 0 Å². The van der Waals surface area contributed by atoms with E-state index in [0.29, 0.717) is 29.4 Å². The van der Waals surface area contributed by atoms with Crippen molar-refractivity contribution in [1.29, 1.82) is 0 Å². The maximum atomic E-state index is 12.8. The van der Waals surface area contributed by atoms with E-state index in [2.05, 4.69) is 4.74 Å². The normalized spacial score (nSPS) is 27.0. The van der Waals surface area contributed by atoms with Gasteiger partial charge in [-0.2, -0.15) is 4.32 Å². The molecule has 0 aromatic rings. The molecule has 1 aliphatic heterocycles. The zero-order valence-corrected chi connectivity index (χ0v) is 12.5. The molecule has 1 heterocycles. The first-order valence-electron chi connectivity index (χ1n) is 6.38. The van der Waals surface area contributed by atoms with E-state index < -0.39 is 19.8 Å². The largest absolute Gasteiger partial charge is 0.565 e. The molecule has 1 amide bonds. The van der Waals surface area contributed by atoms with Gasteiger partial charge in [-0.25, -0.2) is 4.79 Å². The maximum Gasteiger partial charge on any atom is 0.458 e. The smallest absolute Gasteiger partial charge is 0.458 e. The molecule has 0 radical (unpaired) electrons. The predicted octanol–water partition coefficient (Wildman–Crippen LogP) is 1.85. The van der Waals surface area contributed by atoms with Gasteiger partial charge in [0, 0.05) is 6.42 Å². The Hall–Kier alpha value is -0.500. The molecule has 0 spiro atoms. The second-order valence-electron chi connectivity index (χ2n) is 4.73. The number of rotatable bonds is 3. The van der Waals surface area contributed by atoms with Crippen LogP contribution in [0.3, 0.4) is 0 Å². The first-order chi connectivity index (χ1) is 8.33. The topological polar surface area (TPSA) is 75.7 Å². The molecule has 0 N–H and O–H groups in total. The van der Waals surface area contributed by atoms with Crippen LogP contribution in [0.1, 0.15) is 27.2 Å².